The van der Waals surface area contributed by atoms with E-state index < -0.39 is 11.7 Å². The van der Waals surface area contributed by atoms with Crippen LogP contribution in [0.2, 0.25) is 0 Å². The molecule has 2 aromatic carbocycles. The number of para-hydroxylation sites is 1. The Bertz CT molecular complexity index is 962. The van der Waals surface area contributed by atoms with Crippen LogP contribution in [0.5, 0.6) is 11.6 Å². The van der Waals surface area contributed by atoms with Gasteiger partial charge in [0.1, 0.15) is 5.75 Å². The van der Waals surface area contributed by atoms with Gasteiger partial charge in [0.15, 0.2) is 0 Å². The lowest BCUT2D eigenvalue weighted by atomic mass is 10.1. The molecule has 0 saturated carbocycles. The Morgan fingerprint density at radius 3 is 2.14 bits per heavy atom. The number of carbonyl (C=O) groups is 1. The minimum atomic E-state index is -4.45. The first-order chi connectivity index (χ1) is 13.2. The van der Waals surface area contributed by atoms with Gasteiger partial charge in [-0.15, -0.1) is 0 Å². The highest BCUT2D eigenvalue weighted by molar-refractivity contribution is 6.05. The summed E-state index contributed by atoms with van der Waals surface area (Å²) in [5.41, 5.74) is 2.26. The van der Waals surface area contributed by atoms with Crippen LogP contribution in [0.25, 0.3) is 0 Å². The fourth-order valence-electron chi connectivity index (χ4n) is 2.60. The molecule has 144 valence electrons. The molecule has 0 aliphatic heterocycles. The zero-order valence-electron chi connectivity index (χ0n) is 15.2. The first kappa shape index (κ1) is 19.4. The van der Waals surface area contributed by atoms with Crippen molar-refractivity contribution >= 4 is 11.6 Å². The first-order valence-corrected chi connectivity index (χ1v) is 8.43. The number of nitrogens with one attached hydrogen (secondary N) is 1. The molecule has 0 fully saturated rings. The SMILES string of the molecule is Cc1cccc(C)c1NC(=O)c1ccc(Oc2ccc(C(F)(F)F)cn2)cc1. The molecule has 0 bridgehead atoms. The van der Waals surface area contributed by atoms with Crippen LogP contribution in [0.1, 0.15) is 27.0 Å². The van der Waals surface area contributed by atoms with E-state index in [1.165, 1.54) is 0 Å². The van der Waals surface area contributed by atoms with E-state index >= 15 is 0 Å². The standard InChI is InChI=1S/C21H17F3N2O2/c1-13-4-3-5-14(2)19(13)26-20(27)15-6-9-17(10-7-15)28-18-11-8-16(12-25-18)21(22,23)24/h3-12H,1-2H3,(H,26,27). The van der Waals surface area contributed by atoms with Gasteiger partial charge in [-0.05, 0) is 55.3 Å². The lowest BCUT2D eigenvalue weighted by molar-refractivity contribution is -0.137. The fraction of sp³-hybridized carbons (Fsp3) is 0.143. The number of benzene rings is 2. The number of aromatic nitrogens is 1. The summed E-state index contributed by atoms with van der Waals surface area (Å²) in [5.74, 6) is 0.119. The molecule has 1 N–H and O–H groups in total. The molecule has 0 spiro atoms. The summed E-state index contributed by atoms with van der Waals surface area (Å²) in [7, 11) is 0. The molecule has 0 atom stereocenters. The minimum absolute atomic E-state index is 0.0285. The summed E-state index contributed by atoms with van der Waals surface area (Å²) >= 11 is 0. The van der Waals surface area contributed by atoms with Crippen molar-refractivity contribution in [1.29, 1.82) is 0 Å². The molecule has 3 rings (SSSR count). The second-order valence-corrected chi connectivity index (χ2v) is 6.23. The molecule has 1 heterocycles. The molecule has 0 radical (unpaired) electrons. The predicted molar refractivity (Wildman–Crippen MR) is 99.6 cm³/mol. The van der Waals surface area contributed by atoms with Gasteiger partial charge >= 0.3 is 6.18 Å². The smallest absolute Gasteiger partial charge is 0.417 e. The van der Waals surface area contributed by atoms with Crippen LogP contribution in [0.3, 0.4) is 0 Å². The van der Waals surface area contributed by atoms with E-state index in [4.69, 9.17) is 4.74 Å². The maximum atomic E-state index is 12.6. The van der Waals surface area contributed by atoms with Gasteiger partial charge in [-0.1, -0.05) is 18.2 Å². The highest BCUT2D eigenvalue weighted by Crippen LogP contribution is 2.30. The highest BCUT2D eigenvalue weighted by Gasteiger charge is 2.30. The van der Waals surface area contributed by atoms with E-state index in [0.29, 0.717) is 17.5 Å². The lowest BCUT2D eigenvalue weighted by Crippen LogP contribution is -2.13. The summed E-state index contributed by atoms with van der Waals surface area (Å²) in [6, 6.07) is 14.0. The third-order valence-corrected chi connectivity index (χ3v) is 4.12. The van der Waals surface area contributed by atoms with Gasteiger partial charge in [0.25, 0.3) is 5.91 Å². The number of amides is 1. The van der Waals surface area contributed by atoms with Crippen molar-refractivity contribution in [3.05, 3.63) is 83.0 Å². The average molecular weight is 386 g/mol. The van der Waals surface area contributed by atoms with Crippen LogP contribution in [-0.4, -0.2) is 10.9 Å². The molecule has 1 aromatic heterocycles. The Morgan fingerprint density at radius 2 is 1.61 bits per heavy atom. The van der Waals surface area contributed by atoms with E-state index in [9.17, 15) is 18.0 Å². The van der Waals surface area contributed by atoms with E-state index in [-0.39, 0.29) is 11.8 Å². The molecule has 1 amide bonds. The van der Waals surface area contributed by atoms with E-state index in [2.05, 4.69) is 10.3 Å². The third-order valence-electron chi connectivity index (χ3n) is 4.12. The Hall–Kier alpha value is -3.35. The minimum Gasteiger partial charge on any atom is -0.439 e. The fourth-order valence-corrected chi connectivity index (χ4v) is 2.60. The van der Waals surface area contributed by atoms with Crippen LogP contribution in [0.15, 0.2) is 60.8 Å². The molecule has 0 saturated heterocycles. The van der Waals surface area contributed by atoms with Crippen LogP contribution in [0, 0.1) is 13.8 Å². The van der Waals surface area contributed by atoms with E-state index in [0.717, 1.165) is 28.9 Å². The Labute approximate surface area is 160 Å². The topological polar surface area (TPSA) is 51.2 Å². The summed E-state index contributed by atoms with van der Waals surface area (Å²) in [6.45, 7) is 3.83. The van der Waals surface area contributed by atoms with Crippen LogP contribution in [-0.2, 0) is 6.18 Å². The number of alkyl halides is 3. The van der Waals surface area contributed by atoms with Crippen molar-refractivity contribution in [2.45, 2.75) is 20.0 Å². The highest BCUT2D eigenvalue weighted by atomic mass is 19.4. The lowest BCUT2D eigenvalue weighted by Gasteiger charge is -2.12. The van der Waals surface area contributed by atoms with Gasteiger partial charge in [-0.2, -0.15) is 13.2 Å². The van der Waals surface area contributed by atoms with Crippen molar-refractivity contribution in [2.24, 2.45) is 0 Å². The van der Waals surface area contributed by atoms with Crippen molar-refractivity contribution in [3.63, 3.8) is 0 Å². The number of halogens is 3. The van der Waals surface area contributed by atoms with Crippen LogP contribution < -0.4 is 10.1 Å². The van der Waals surface area contributed by atoms with Crippen LogP contribution in [0.4, 0.5) is 18.9 Å². The predicted octanol–water partition coefficient (Wildman–Crippen LogP) is 5.76. The Morgan fingerprint density at radius 1 is 0.964 bits per heavy atom. The van der Waals surface area contributed by atoms with Gasteiger partial charge in [0.2, 0.25) is 5.88 Å². The maximum Gasteiger partial charge on any atom is 0.417 e. The number of nitrogens with zero attached hydrogens (tertiary/aromatic N) is 1. The molecule has 0 unspecified atom stereocenters. The number of anilines is 1. The van der Waals surface area contributed by atoms with Gasteiger partial charge in [-0.25, -0.2) is 4.98 Å². The van der Waals surface area contributed by atoms with Gasteiger partial charge in [0, 0.05) is 23.5 Å². The number of pyridine rings is 1. The molecule has 4 nitrogen and oxygen atoms in total. The van der Waals surface area contributed by atoms with Crippen molar-refractivity contribution < 1.29 is 22.7 Å². The second kappa shape index (κ2) is 7.72. The third kappa shape index (κ3) is 4.49. The summed E-state index contributed by atoms with van der Waals surface area (Å²) in [5, 5.41) is 2.89. The van der Waals surface area contributed by atoms with Gasteiger partial charge < -0.3 is 10.1 Å². The summed E-state index contributed by atoms with van der Waals surface area (Å²) < 4.78 is 43.1. The monoisotopic (exact) mass is 386 g/mol. The van der Waals surface area contributed by atoms with E-state index in [1.54, 1.807) is 24.3 Å². The molecular weight excluding hydrogens is 369 g/mol. The summed E-state index contributed by atoms with van der Waals surface area (Å²) in [4.78, 5) is 16.1. The Kier molecular flexibility index (Phi) is 5.35. The van der Waals surface area contributed by atoms with Crippen molar-refractivity contribution in [2.75, 3.05) is 5.32 Å². The quantitative estimate of drug-likeness (QED) is 0.620. The Balaban J connectivity index is 1.68. The molecule has 3 aromatic rings. The number of carbonyl (C=O) groups excluding carboxylic acids is 1. The molecule has 0 aliphatic carbocycles. The number of hydrogen-bond donors (Lipinski definition) is 1. The van der Waals surface area contributed by atoms with Crippen molar-refractivity contribution in [1.82, 2.24) is 4.98 Å². The zero-order valence-corrected chi connectivity index (χ0v) is 15.2. The largest absolute Gasteiger partial charge is 0.439 e. The second-order valence-electron chi connectivity index (χ2n) is 6.23. The molecule has 28 heavy (non-hydrogen) atoms. The number of hydrogen-bond acceptors (Lipinski definition) is 3. The molecular formula is C21H17F3N2O2. The van der Waals surface area contributed by atoms with E-state index in [1.807, 2.05) is 32.0 Å². The number of aryl methyl sites for hydroxylation is 2. The molecule has 7 heteroatoms. The number of ether oxygens (including phenoxy) is 1. The zero-order chi connectivity index (χ0) is 20.3. The first-order valence-electron chi connectivity index (χ1n) is 8.43. The molecule has 0 aliphatic rings. The number of rotatable bonds is 4. The van der Waals surface area contributed by atoms with Crippen molar-refractivity contribution in [3.8, 4) is 11.6 Å². The van der Waals surface area contributed by atoms with Crippen LogP contribution >= 0.6 is 0 Å². The normalized spacial score (nSPS) is 11.2. The van der Waals surface area contributed by atoms with Gasteiger partial charge in [0.05, 0.1) is 5.56 Å². The van der Waals surface area contributed by atoms with Gasteiger partial charge in [-0.3, -0.25) is 4.79 Å². The average Bonchev–Trinajstić information content (AvgIpc) is 2.65. The summed E-state index contributed by atoms with van der Waals surface area (Å²) in [6.07, 6.45) is -3.74. The maximum absolute atomic E-state index is 12.6.